The molecule has 0 aliphatic rings. The second-order valence-corrected chi connectivity index (χ2v) is 14.0. The molecule has 54 heavy (non-hydrogen) atoms. The van der Waals surface area contributed by atoms with Crippen molar-refractivity contribution in [3.05, 3.63) is 218 Å². The van der Waals surface area contributed by atoms with Gasteiger partial charge >= 0.3 is 0 Å². The smallest absolute Gasteiger partial charge is 0.000139 e. The predicted octanol–water partition coefficient (Wildman–Crippen LogP) is 15.1. The van der Waals surface area contributed by atoms with Gasteiger partial charge in [0, 0.05) is 0 Å². The van der Waals surface area contributed by atoms with Gasteiger partial charge in [0.1, 0.15) is 0 Å². The lowest BCUT2D eigenvalue weighted by molar-refractivity contribution is 1.60. The fourth-order valence-corrected chi connectivity index (χ4v) is 8.46. The van der Waals surface area contributed by atoms with E-state index >= 15 is 0 Å². The Balaban J connectivity index is 1.41. The minimum absolute atomic E-state index is 1.20. The Labute approximate surface area is 316 Å². The van der Waals surface area contributed by atoms with Crippen LogP contribution < -0.4 is 0 Å². The maximum atomic E-state index is 2.32. The normalized spacial score (nSPS) is 11.3. The molecule has 0 unspecified atom stereocenters. The highest BCUT2D eigenvalue weighted by atomic mass is 14.3. The van der Waals surface area contributed by atoms with Crippen LogP contribution >= 0.6 is 0 Å². The Morgan fingerprint density at radius 2 is 0.333 bits per heavy atom. The molecule has 0 spiro atoms. The molecule has 10 rings (SSSR count). The summed E-state index contributed by atoms with van der Waals surface area (Å²) < 4.78 is 0. The Kier molecular flexibility index (Phi) is 7.93. The maximum Gasteiger partial charge on any atom is -0.000139 e. The van der Waals surface area contributed by atoms with Crippen LogP contribution in [0.25, 0.3) is 99.1 Å². The van der Waals surface area contributed by atoms with Crippen LogP contribution in [0.4, 0.5) is 0 Å². The zero-order chi connectivity index (χ0) is 35.8. The third-order valence-corrected chi connectivity index (χ3v) is 10.9. The van der Waals surface area contributed by atoms with Gasteiger partial charge in [0.2, 0.25) is 0 Å². The van der Waals surface area contributed by atoms with Crippen LogP contribution in [0.5, 0.6) is 0 Å². The van der Waals surface area contributed by atoms with Crippen LogP contribution in [-0.2, 0) is 0 Å². The van der Waals surface area contributed by atoms with Crippen LogP contribution in [0.1, 0.15) is 0 Å². The highest BCUT2D eigenvalue weighted by Gasteiger charge is 2.25. The van der Waals surface area contributed by atoms with E-state index in [-0.39, 0.29) is 0 Å². The summed E-state index contributed by atoms with van der Waals surface area (Å²) in [5, 5.41) is 7.52. The van der Waals surface area contributed by atoms with Crippen LogP contribution in [0, 0.1) is 0 Å². The van der Waals surface area contributed by atoms with Crippen LogP contribution in [0.2, 0.25) is 0 Å². The SMILES string of the molecule is c1ccc(-c2ccc(-c3c4ccccc4c(-c4ccc(-c5ccccc5)cc4)c4c(-c5ccccc5)c5ccccc5c(-c5ccccc5)c34)cc2)cc1. The molecule has 0 bridgehead atoms. The third-order valence-electron chi connectivity index (χ3n) is 10.9. The molecule has 0 nitrogen and oxygen atoms in total. The highest BCUT2D eigenvalue weighted by Crippen LogP contribution is 2.53. The average Bonchev–Trinajstić information content (AvgIpc) is 3.26. The van der Waals surface area contributed by atoms with E-state index in [2.05, 4.69) is 218 Å². The van der Waals surface area contributed by atoms with Gasteiger partial charge in [0.05, 0.1) is 0 Å². The van der Waals surface area contributed by atoms with Crippen molar-refractivity contribution in [3.63, 3.8) is 0 Å². The molecular formula is C54H36. The molecule has 0 heterocycles. The first kappa shape index (κ1) is 31.7. The zero-order valence-electron chi connectivity index (χ0n) is 29.8. The lowest BCUT2D eigenvalue weighted by Crippen LogP contribution is -1.97. The Bertz CT molecular complexity index is 2700. The minimum atomic E-state index is 1.20. The molecular weight excluding hydrogens is 649 g/mol. The molecule has 0 saturated heterocycles. The van der Waals surface area contributed by atoms with Gasteiger partial charge in [-0.2, -0.15) is 0 Å². The fourth-order valence-electron chi connectivity index (χ4n) is 8.46. The fraction of sp³-hybridized carbons (Fsp3) is 0. The largest absolute Gasteiger partial charge is 0.0622 e. The quantitative estimate of drug-likeness (QED) is 0.153. The lowest BCUT2D eigenvalue weighted by Gasteiger charge is -2.25. The van der Waals surface area contributed by atoms with Gasteiger partial charge < -0.3 is 0 Å². The molecule has 0 radical (unpaired) electrons. The summed E-state index contributed by atoms with van der Waals surface area (Å²) in [6.45, 7) is 0. The maximum absolute atomic E-state index is 2.32. The summed E-state index contributed by atoms with van der Waals surface area (Å²) in [6, 6.07) is 79.8. The molecule has 0 fully saturated rings. The van der Waals surface area contributed by atoms with E-state index in [9.17, 15) is 0 Å². The van der Waals surface area contributed by atoms with Crippen LogP contribution in [-0.4, -0.2) is 0 Å². The van der Waals surface area contributed by atoms with Crippen molar-refractivity contribution >= 4 is 32.3 Å². The van der Waals surface area contributed by atoms with Crippen molar-refractivity contribution in [2.45, 2.75) is 0 Å². The van der Waals surface area contributed by atoms with Gasteiger partial charge in [0.15, 0.2) is 0 Å². The topological polar surface area (TPSA) is 0 Å². The molecule has 0 amide bonds. The highest BCUT2D eigenvalue weighted by molar-refractivity contribution is 6.33. The first-order valence-electron chi connectivity index (χ1n) is 18.7. The van der Waals surface area contributed by atoms with Crippen molar-refractivity contribution in [2.75, 3.05) is 0 Å². The van der Waals surface area contributed by atoms with Gasteiger partial charge in [-0.15, -0.1) is 0 Å². The van der Waals surface area contributed by atoms with Gasteiger partial charge in [0.25, 0.3) is 0 Å². The van der Waals surface area contributed by atoms with Crippen molar-refractivity contribution in [3.8, 4) is 66.8 Å². The van der Waals surface area contributed by atoms with E-state index in [0.29, 0.717) is 0 Å². The summed E-state index contributed by atoms with van der Waals surface area (Å²) in [5.41, 5.74) is 14.7. The molecule has 10 aromatic rings. The zero-order valence-corrected chi connectivity index (χ0v) is 29.8. The van der Waals surface area contributed by atoms with E-state index in [1.165, 1.54) is 99.1 Å². The number of benzene rings is 10. The van der Waals surface area contributed by atoms with E-state index in [0.717, 1.165) is 0 Å². The van der Waals surface area contributed by atoms with Gasteiger partial charge in [-0.25, -0.2) is 0 Å². The summed E-state index contributed by atoms with van der Waals surface area (Å²) in [7, 11) is 0. The third kappa shape index (κ3) is 5.40. The lowest BCUT2D eigenvalue weighted by atomic mass is 9.77. The molecule has 0 aromatic heterocycles. The monoisotopic (exact) mass is 684 g/mol. The Hall–Kier alpha value is -7.02. The van der Waals surface area contributed by atoms with Crippen LogP contribution in [0.15, 0.2) is 218 Å². The second-order valence-electron chi connectivity index (χ2n) is 14.0. The number of rotatable bonds is 6. The summed E-state index contributed by atoms with van der Waals surface area (Å²) >= 11 is 0. The molecule has 10 aromatic carbocycles. The van der Waals surface area contributed by atoms with E-state index < -0.39 is 0 Å². The van der Waals surface area contributed by atoms with Crippen molar-refractivity contribution < 1.29 is 0 Å². The van der Waals surface area contributed by atoms with Crippen LogP contribution in [0.3, 0.4) is 0 Å². The molecule has 0 saturated carbocycles. The van der Waals surface area contributed by atoms with Crippen molar-refractivity contribution in [1.82, 2.24) is 0 Å². The van der Waals surface area contributed by atoms with Gasteiger partial charge in [-0.05, 0) is 99.1 Å². The summed E-state index contributed by atoms with van der Waals surface area (Å²) in [4.78, 5) is 0. The number of fused-ring (bicyclic) bond motifs is 3. The second kappa shape index (κ2) is 13.5. The summed E-state index contributed by atoms with van der Waals surface area (Å²) in [6.07, 6.45) is 0. The first-order valence-corrected chi connectivity index (χ1v) is 18.7. The minimum Gasteiger partial charge on any atom is -0.0622 e. The molecule has 0 atom stereocenters. The van der Waals surface area contributed by atoms with Gasteiger partial charge in [-0.1, -0.05) is 218 Å². The number of hydrogen-bond acceptors (Lipinski definition) is 0. The molecule has 0 aliphatic heterocycles. The molecule has 0 aliphatic carbocycles. The number of hydrogen-bond donors (Lipinski definition) is 0. The molecule has 0 N–H and O–H groups in total. The Morgan fingerprint density at radius 3 is 0.611 bits per heavy atom. The van der Waals surface area contributed by atoms with Crippen molar-refractivity contribution in [1.29, 1.82) is 0 Å². The van der Waals surface area contributed by atoms with E-state index in [1.807, 2.05) is 0 Å². The van der Waals surface area contributed by atoms with Crippen molar-refractivity contribution in [2.24, 2.45) is 0 Å². The standard InChI is InChI=1S/C54H36/c1-5-17-37(18-6-1)39-29-33-43(34-30-39)51-47-27-15-16-28-48(47)52(44-35-31-40(32-36-44)38-19-7-2-8-20-38)54-50(42-23-11-4-12-24-42)46-26-14-13-25-45(46)49(53(51)54)41-21-9-3-10-22-41/h1-36H. The molecule has 0 heteroatoms. The Morgan fingerprint density at radius 1 is 0.148 bits per heavy atom. The van der Waals surface area contributed by atoms with Gasteiger partial charge in [-0.3, -0.25) is 0 Å². The predicted molar refractivity (Wildman–Crippen MR) is 232 cm³/mol. The molecule has 252 valence electrons. The summed E-state index contributed by atoms with van der Waals surface area (Å²) in [5.74, 6) is 0. The first-order chi connectivity index (χ1) is 26.8. The van der Waals surface area contributed by atoms with E-state index in [1.54, 1.807) is 0 Å². The van der Waals surface area contributed by atoms with E-state index in [4.69, 9.17) is 0 Å². The average molecular weight is 685 g/mol.